The van der Waals surface area contributed by atoms with Crippen molar-refractivity contribution >= 4 is 23.1 Å². The smallest absolute Gasteiger partial charge is 0.157 e. The zero-order valence-electron chi connectivity index (χ0n) is 11.3. The minimum absolute atomic E-state index is 0.499. The molecule has 2 aliphatic heterocycles. The maximum absolute atomic E-state index is 6.14. The Morgan fingerprint density at radius 1 is 1.26 bits per heavy atom. The summed E-state index contributed by atoms with van der Waals surface area (Å²) in [6.45, 7) is 4.43. The molecule has 1 N–H and O–H groups in total. The molecule has 5 nitrogen and oxygen atoms in total. The molecule has 0 aromatic carbocycles. The van der Waals surface area contributed by atoms with E-state index in [-0.39, 0.29) is 0 Å². The van der Waals surface area contributed by atoms with Gasteiger partial charge in [-0.2, -0.15) is 0 Å². The predicted octanol–water partition coefficient (Wildman–Crippen LogP) is 1.85. The van der Waals surface area contributed by atoms with E-state index >= 15 is 0 Å². The van der Waals surface area contributed by atoms with Crippen LogP contribution in [0.5, 0.6) is 0 Å². The van der Waals surface area contributed by atoms with Gasteiger partial charge in [-0.25, -0.2) is 9.97 Å². The Balaban J connectivity index is 1.81. The van der Waals surface area contributed by atoms with E-state index in [1.807, 2.05) is 7.05 Å². The third-order valence-electron chi connectivity index (χ3n) is 4.17. The minimum atomic E-state index is 0.499. The van der Waals surface area contributed by atoms with Gasteiger partial charge < -0.3 is 10.2 Å². The fourth-order valence-electron chi connectivity index (χ4n) is 3.16. The van der Waals surface area contributed by atoms with E-state index in [2.05, 4.69) is 25.1 Å². The lowest BCUT2D eigenvalue weighted by Gasteiger charge is -2.44. The van der Waals surface area contributed by atoms with Crippen molar-refractivity contribution in [2.24, 2.45) is 0 Å². The van der Waals surface area contributed by atoms with Crippen LogP contribution in [-0.2, 0) is 0 Å². The summed E-state index contributed by atoms with van der Waals surface area (Å²) in [7, 11) is 1.87. The monoisotopic (exact) mass is 281 g/mol. The fraction of sp³-hybridized carbons (Fsp3) is 0.692. The van der Waals surface area contributed by atoms with Gasteiger partial charge >= 0.3 is 0 Å². The molecule has 0 radical (unpaired) electrons. The van der Waals surface area contributed by atoms with Crippen molar-refractivity contribution in [2.45, 2.75) is 25.3 Å². The Kier molecular flexibility index (Phi) is 3.75. The first kappa shape index (κ1) is 12.9. The molecule has 1 aromatic rings. The summed E-state index contributed by atoms with van der Waals surface area (Å²) in [5.74, 6) is 0.938. The van der Waals surface area contributed by atoms with Crippen molar-refractivity contribution in [1.29, 1.82) is 0 Å². The first-order valence-corrected chi connectivity index (χ1v) is 7.34. The number of aromatic nitrogens is 2. The molecular formula is C13H20ClN5. The van der Waals surface area contributed by atoms with Gasteiger partial charge in [-0.05, 0) is 19.4 Å². The lowest BCUT2D eigenvalue weighted by molar-refractivity contribution is 0.133. The molecular weight excluding hydrogens is 262 g/mol. The molecule has 6 heteroatoms. The number of nitrogens with zero attached hydrogens (tertiary/aromatic N) is 4. The van der Waals surface area contributed by atoms with Gasteiger partial charge in [0.15, 0.2) is 11.0 Å². The summed E-state index contributed by atoms with van der Waals surface area (Å²) < 4.78 is 0. The van der Waals surface area contributed by atoms with Gasteiger partial charge in [0.2, 0.25) is 0 Å². The van der Waals surface area contributed by atoms with Gasteiger partial charge in [0.05, 0.1) is 0 Å². The zero-order chi connectivity index (χ0) is 13.2. The number of piperidine rings is 1. The SMILES string of the molecule is CNc1c(Cl)ncnc1N1CCN2CCCCC2C1. The Labute approximate surface area is 119 Å². The van der Waals surface area contributed by atoms with Crippen LogP contribution in [0.25, 0.3) is 0 Å². The molecule has 0 spiro atoms. The molecule has 2 saturated heterocycles. The van der Waals surface area contributed by atoms with Gasteiger partial charge in [-0.1, -0.05) is 18.0 Å². The summed E-state index contributed by atoms with van der Waals surface area (Å²) in [5, 5.41) is 3.62. The van der Waals surface area contributed by atoms with Crippen molar-refractivity contribution in [2.75, 3.05) is 43.4 Å². The van der Waals surface area contributed by atoms with Crippen LogP contribution in [0, 0.1) is 0 Å². The first-order valence-electron chi connectivity index (χ1n) is 6.97. The van der Waals surface area contributed by atoms with Crippen LogP contribution in [0.4, 0.5) is 11.5 Å². The highest BCUT2D eigenvalue weighted by Gasteiger charge is 2.30. The maximum atomic E-state index is 6.14. The van der Waals surface area contributed by atoms with E-state index in [1.54, 1.807) is 6.33 Å². The minimum Gasteiger partial charge on any atom is -0.383 e. The highest BCUT2D eigenvalue weighted by atomic mass is 35.5. The second-order valence-corrected chi connectivity index (χ2v) is 5.60. The second kappa shape index (κ2) is 5.51. The Hall–Kier alpha value is -1.07. The molecule has 0 amide bonds. The summed E-state index contributed by atoms with van der Waals surface area (Å²) in [6, 6.07) is 0.668. The van der Waals surface area contributed by atoms with Crippen LogP contribution in [-0.4, -0.2) is 54.1 Å². The molecule has 0 aliphatic carbocycles. The van der Waals surface area contributed by atoms with Crippen molar-refractivity contribution in [3.05, 3.63) is 11.5 Å². The van der Waals surface area contributed by atoms with Crippen molar-refractivity contribution in [1.82, 2.24) is 14.9 Å². The van der Waals surface area contributed by atoms with Crippen LogP contribution >= 0.6 is 11.6 Å². The normalized spacial score (nSPS) is 24.1. The third kappa shape index (κ3) is 2.49. The second-order valence-electron chi connectivity index (χ2n) is 5.24. The quantitative estimate of drug-likeness (QED) is 0.838. The van der Waals surface area contributed by atoms with Crippen LogP contribution in [0.2, 0.25) is 5.15 Å². The van der Waals surface area contributed by atoms with E-state index in [9.17, 15) is 0 Å². The number of rotatable bonds is 2. The van der Waals surface area contributed by atoms with Crippen molar-refractivity contribution in [3.63, 3.8) is 0 Å². The fourth-order valence-corrected chi connectivity index (χ4v) is 3.38. The number of halogens is 1. The molecule has 2 aliphatic rings. The lowest BCUT2D eigenvalue weighted by atomic mass is 9.99. The summed E-state index contributed by atoms with van der Waals surface area (Å²) in [6.07, 6.45) is 5.53. The average molecular weight is 282 g/mol. The number of fused-ring (bicyclic) bond motifs is 1. The van der Waals surface area contributed by atoms with Crippen LogP contribution in [0.1, 0.15) is 19.3 Å². The third-order valence-corrected chi connectivity index (χ3v) is 4.45. The summed E-state index contributed by atoms with van der Waals surface area (Å²) >= 11 is 6.14. The van der Waals surface area contributed by atoms with Crippen LogP contribution in [0.3, 0.4) is 0 Å². The molecule has 1 atom stereocenters. The summed E-state index contributed by atoms with van der Waals surface area (Å²) in [4.78, 5) is 13.4. The van der Waals surface area contributed by atoms with E-state index in [4.69, 9.17) is 11.6 Å². The molecule has 19 heavy (non-hydrogen) atoms. The van der Waals surface area contributed by atoms with Gasteiger partial charge in [-0.3, -0.25) is 4.90 Å². The molecule has 1 unspecified atom stereocenters. The largest absolute Gasteiger partial charge is 0.383 e. The standard InChI is InChI=1S/C13H20ClN5/c1-15-11-12(14)16-9-17-13(11)19-7-6-18-5-3-2-4-10(18)8-19/h9-10,15H,2-8H2,1H3. The molecule has 1 aromatic heterocycles. The first-order chi connectivity index (χ1) is 9.29. The van der Waals surface area contributed by atoms with Crippen molar-refractivity contribution in [3.8, 4) is 0 Å². The van der Waals surface area contributed by atoms with E-state index < -0.39 is 0 Å². The Morgan fingerprint density at radius 3 is 3.00 bits per heavy atom. The van der Waals surface area contributed by atoms with Crippen LogP contribution < -0.4 is 10.2 Å². The number of anilines is 2. The predicted molar refractivity (Wildman–Crippen MR) is 78.0 cm³/mol. The van der Waals surface area contributed by atoms with Crippen LogP contribution in [0.15, 0.2) is 6.33 Å². The number of piperazine rings is 1. The molecule has 104 valence electrons. The molecule has 0 saturated carbocycles. The highest BCUT2D eigenvalue weighted by Crippen LogP contribution is 2.31. The topological polar surface area (TPSA) is 44.3 Å². The van der Waals surface area contributed by atoms with E-state index in [1.165, 1.54) is 25.8 Å². The Morgan fingerprint density at radius 2 is 2.16 bits per heavy atom. The number of nitrogens with one attached hydrogen (secondary N) is 1. The van der Waals surface area contributed by atoms with Gasteiger partial charge in [-0.15, -0.1) is 0 Å². The Bertz CT molecular complexity index is 453. The molecule has 0 bridgehead atoms. The van der Waals surface area contributed by atoms with Gasteiger partial charge in [0.25, 0.3) is 0 Å². The summed E-state index contributed by atoms with van der Waals surface area (Å²) in [5.41, 5.74) is 0.841. The lowest BCUT2D eigenvalue weighted by Crippen LogP contribution is -2.55. The average Bonchev–Trinajstić information content (AvgIpc) is 2.46. The maximum Gasteiger partial charge on any atom is 0.157 e. The highest BCUT2D eigenvalue weighted by molar-refractivity contribution is 6.32. The van der Waals surface area contributed by atoms with E-state index in [0.29, 0.717) is 11.2 Å². The van der Waals surface area contributed by atoms with Gasteiger partial charge in [0.1, 0.15) is 12.0 Å². The van der Waals surface area contributed by atoms with Gasteiger partial charge in [0, 0.05) is 32.7 Å². The molecule has 2 fully saturated rings. The molecule has 3 heterocycles. The number of hydrogen-bond donors (Lipinski definition) is 1. The van der Waals surface area contributed by atoms with E-state index in [0.717, 1.165) is 31.1 Å². The number of hydrogen-bond acceptors (Lipinski definition) is 5. The van der Waals surface area contributed by atoms with Crippen molar-refractivity contribution < 1.29 is 0 Å². The zero-order valence-corrected chi connectivity index (χ0v) is 12.0. The molecule has 3 rings (SSSR count).